The van der Waals surface area contributed by atoms with E-state index in [-0.39, 0.29) is 17.9 Å². The molecule has 1 atom stereocenters. The molecule has 3 aromatic rings. The van der Waals surface area contributed by atoms with E-state index in [0.717, 1.165) is 16.5 Å². The number of fused-ring (bicyclic) bond motifs is 2. The fourth-order valence-corrected chi connectivity index (χ4v) is 3.49. The Kier molecular flexibility index (Phi) is 3.66. The number of aromatic nitrogens is 1. The van der Waals surface area contributed by atoms with Crippen LogP contribution in [-0.2, 0) is 0 Å². The van der Waals surface area contributed by atoms with Crippen molar-refractivity contribution in [2.24, 2.45) is 0 Å². The van der Waals surface area contributed by atoms with E-state index >= 15 is 0 Å². The summed E-state index contributed by atoms with van der Waals surface area (Å²) in [6, 6.07) is 15.0. The molecule has 5 nitrogen and oxygen atoms in total. The van der Waals surface area contributed by atoms with Crippen LogP contribution in [-0.4, -0.2) is 47.2 Å². The predicted octanol–water partition coefficient (Wildman–Crippen LogP) is 3.07. The van der Waals surface area contributed by atoms with Crippen LogP contribution in [0.3, 0.4) is 0 Å². The summed E-state index contributed by atoms with van der Waals surface area (Å²) in [4.78, 5) is 32.0. The maximum Gasteiger partial charge on any atom is 0.261 e. The van der Waals surface area contributed by atoms with E-state index in [1.54, 1.807) is 24.3 Å². The number of imide groups is 1. The minimum Gasteiger partial charge on any atom is -0.361 e. The average Bonchev–Trinajstić information content (AvgIpc) is 3.14. The van der Waals surface area contributed by atoms with Crippen LogP contribution in [0, 0.1) is 0 Å². The summed E-state index contributed by atoms with van der Waals surface area (Å²) in [7, 11) is 3.93. The van der Waals surface area contributed by atoms with Crippen molar-refractivity contribution in [3.05, 3.63) is 71.4 Å². The molecule has 0 fully saturated rings. The van der Waals surface area contributed by atoms with Crippen molar-refractivity contribution in [3.63, 3.8) is 0 Å². The summed E-state index contributed by atoms with van der Waals surface area (Å²) in [5, 5.41) is 1.11. The van der Waals surface area contributed by atoms with Gasteiger partial charge in [0.2, 0.25) is 0 Å². The van der Waals surface area contributed by atoms with Crippen molar-refractivity contribution >= 4 is 22.7 Å². The molecule has 0 bridgehead atoms. The zero-order valence-corrected chi connectivity index (χ0v) is 14.2. The van der Waals surface area contributed by atoms with E-state index in [1.807, 2.05) is 43.4 Å². The van der Waals surface area contributed by atoms with Crippen LogP contribution in [0.4, 0.5) is 0 Å². The van der Waals surface area contributed by atoms with Crippen LogP contribution in [0.25, 0.3) is 10.9 Å². The molecular weight excluding hydrogens is 314 g/mol. The zero-order valence-electron chi connectivity index (χ0n) is 14.2. The number of H-pyrrole nitrogens is 1. The van der Waals surface area contributed by atoms with Gasteiger partial charge in [0.05, 0.1) is 17.2 Å². The fraction of sp³-hybridized carbons (Fsp3) is 0.200. The third-order valence-corrected chi connectivity index (χ3v) is 4.84. The van der Waals surface area contributed by atoms with Gasteiger partial charge in [0.25, 0.3) is 11.8 Å². The molecule has 2 heterocycles. The lowest BCUT2D eigenvalue weighted by molar-refractivity contribution is 0.0612. The molecule has 0 spiro atoms. The number of carbonyl (C=O) groups is 2. The zero-order chi connectivity index (χ0) is 17.6. The van der Waals surface area contributed by atoms with Gasteiger partial charge in [-0.05, 0) is 37.9 Å². The summed E-state index contributed by atoms with van der Waals surface area (Å²) >= 11 is 0. The lowest BCUT2D eigenvalue weighted by atomic mass is 10.0. The third-order valence-electron chi connectivity index (χ3n) is 4.84. The standard InChI is InChI=1S/C20H19N3O2/c1-22(2)18(16-11-21-17-10-6-5-7-13(16)17)12-23-19(24)14-8-3-4-9-15(14)20(23)25/h3-11,18,21H,12H2,1-2H3. The quantitative estimate of drug-likeness (QED) is 0.747. The Hall–Kier alpha value is -2.92. The molecule has 1 aliphatic heterocycles. The molecule has 0 saturated carbocycles. The third kappa shape index (κ3) is 2.44. The maximum atomic E-state index is 12.7. The molecule has 1 aliphatic rings. The number of aromatic amines is 1. The van der Waals surface area contributed by atoms with E-state index in [9.17, 15) is 9.59 Å². The van der Waals surface area contributed by atoms with Crippen molar-refractivity contribution in [1.82, 2.24) is 14.8 Å². The summed E-state index contributed by atoms with van der Waals surface area (Å²) in [6.45, 7) is 0.321. The topological polar surface area (TPSA) is 56.4 Å². The number of nitrogens with zero attached hydrogens (tertiary/aromatic N) is 2. The minimum atomic E-state index is -0.215. The van der Waals surface area contributed by atoms with Crippen LogP contribution in [0.2, 0.25) is 0 Å². The lowest BCUT2D eigenvalue weighted by Gasteiger charge is -2.28. The number of carbonyl (C=O) groups excluding carboxylic acids is 2. The Morgan fingerprint density at radius 1 is 0.960 bits per heavy atom. The fourth-order valence-electron chi connectivity index (χ4n) is 3.49. The maximum absolute atomic E-state index is 12.7. The molecule has 126 valence electrons. The molecule has 0 aliphatic carbocycles. The van der Waals surface area contributed by atoms with E-state index < -0.39 is 0 Å². The van der Waals surface area contributed by atoms with Crippen LogP contribution >= 0.6 is 0 Å². The van der Waals surface area contributed by atoms with Crippen molar-refractivity contribution in [2.45, 2.75) is 6.04 Å². The monoisotopic (exact) mass is 333 g/mol. The highest BCUT2D eigenvalue weighted by molar-refractivity contribution is 6.21. The number of para-hydroxylation sites is 1. The molecule has 1 unspecified atom stereocenters. The molecule has 0 saturated heterocycles. The molecule has 25 heavy (non-hydrogen) atoms. The Labute approximate surface area is 145 Å². The van der Waals surface area contributed by atoms with Crippen molar-refractivity contribution < 1.29 is 9.59 Å². The smallest absolute Gasteiger partial charge is 0.261 e. The normalized spacial score (nSPS) is 15.2. The number of nitrogens with one attached hydrogen (secondary N) is 1. The van der Waals surface area contributed by atoms with Gasteiger partial charge in [-0.2, -0.15) is 0 Å². The molecule has 2 amide bonds. The highest BCUT2D eigenvalue weighted by atomic mass is 16.2. The second-order valence-corrected chi connectivity index (χ2v) is 6.54. The highest BCUT2D eigenvalue weighted by Gasteiger charge is 2.37. The highest BCUT2D eigenvalue weighted by Crippen LogP contribution is 2.30. The second-order valence-electron chi connectivity index (χ2n) is 6.54. The molecule has 1 N–H and O–H groups in total. The van der Waals surface area contributed by atoms with Crippen molar-refractivity contribution in [2.75, 3.05) is 20.6 Å². The minimum absolute atomic E-state index is 0.0848. The first-order valence-corrected chi connectivity index (χ1v) is 8.25. The number of hydrogen-bond acceptors (Lipinski definition) is 3. The summed E-state index contributed by atoms with van der Waals surface area (Å²) < 4.78 is 0. The van der Waals surface area contributed by atoms with Gasteiger partial charge in [0, 0.05) is 23.6 Å². The number of hydrogen-bond donors (Lipinski definition) is 1. The first-order valence-electron chi connectivity index (χ1n) is 8.25. The Morgan fingerprint density at radius 2 is 1.56 bits per heavy atom. The molecule has 1 aromatic heterocycles. The van der Waals surface area contributed by atoms with Crippen LogP contribution in [0.15, 0.2) is 54.7 Å². The van der Waals surface area contributed by atoms with Gasteiger partial charge in [-0.1, -0.05) is 30.3 Å². The molecule has 0 radical (unpaired) electrons. The Morgan fingerprint density at radius 3 is 2.20 bits per heavy atom. The number of rotatable bonds is 4. The molecule has 2 aromatic carbocycles. The van der Waals surface area contributed by atoms with Gasteiger partial charge in [-0.15, -0.1) is 0 Å². The first-order chi connectivity index (χ1) is 12.1. The van der Waals surface area contributed by atoms with E-state index in [2.05, 4.69) is 11.1 Å². The summed E-state index contributed by atoms with van der Waals surface area (Å²) in [5.74, 6) is -0.431. The second kappa shape index (κ2) is 5.86. The number of likely N-dealkylation sites (N-methyl/N-ethyl adjacent to an activating group) is 1. The van der Waals surface area contributed by atoms with Crippen LogP contribution in [0.5, 0.6) is 0 Å². The van der Waals surface area contributed by atoms with Crippen LogP contribution in [0.1, 0.15) is 32.3 Å². The molecule has 4 rings (SSSR count). The summed E-state index contributed by atoms with van der Waals surface area (Å²) in [6.07, 6.45) is 1.97. The van der Waals surface area contributed by atoms with E-state index in [4.69, 9.17) is 0 Å². The Balaban J connectivity index is 1.70. The van der Waals surface area contributed by atoms with E-state index in [1.165, 1.54) is 4.90 Å². The predicted molar refractivity (Wildman–Crippen MR) is 96.5 cm³/mol. The van der Waals surface area contributed by atoms with Gasteiger partial charge in [0.15, 0.2) is 0 Å². The summed E-state index contributed by atoms with van der Waals surface area (Å²) in [5.41, 5.74) is 3.11. The SMILES string of the molecule is CN(C)C(CN1C(=O)c2ccccc2C1=O)c1c[nH]c2ccccc12. The molecule has 5 heteroatoms. The van der Waals surface area contributed by atoms with Crippen molar-refractivity contribution in [3.8, 4) is 0 Å². The number of benzene rings is 2. The molecular formula is C20H19N3O2. The van der Waals surface area contributed by atoms with E-state index in [0.29, 0.717) is 17.7 Å². The van der Waals surface area contributed by atoms with Crippen molar-refractivity contribution in [1.29, 1.82) is 0 Å². The van der Waals surface area contributed by atoms with Gasteiger partial charge in [-0.3, -0.25) is 14.5 Å². The van der Waals surface area contributed by atoms with Crippen LogP contribution < -0.4 is 0 Å². The van der Waals surface area contributed by atoms with Gasteiger partial charge < -0.3 is 9.88 Å². The van der Waals surface area contributed by atoms with Gasteiger partial charge in [-0.25, -0.2) is 0 Å². The average molecular weight is 333 g/mol. The number of amides is 2. The van der Waals surface area contributed by atoms with Gasteiger partial charge in [0.1, 0.15) is 0 Å². The largest absolute Gasteiger partial charge is 0.361 e. The Bertz CT molecular complexity index is 939. The first kappa shape index (κ1) is 15.6. The lowest BCUT2D eigenvalue weighted by Crippen LogP contribution is -2.38. The van der Waals surface area contributed by atoms with Gasteiger partial charge >= 0.3 is 0 Å².